The van der Waals surface area contributed by atoms with Gasteiger partial charge < -0.3 is 39.7 Å². The Kier molecular flexibility index (Phi) is 5.34. The first-order valence-corrected chi connectivity index (χ1v) is 10.6. The summed E-state index contributed by atoms with van der Waals surface area (Å²) in [4.78, 5) is 20.3. The van der Waals surface area contributed by atoms with Gasteiger partial charge in [-0.2, -0.15) is 0 Å². The van der Waals surface area contributed by atoms with Crippen LogP contribution >= 0.6 is 0 Å². The van der Waals surface area contributed by atoms with Crippen LogP contribution in [0.4, 0.5) is 0 Å². The molecule has 10 heteroatoms. The number of hydrogen-bond donors (Lipinski definition) is 4. The van der Waals surface area contributed by atoms with E-state index in [0.29, 0.717) is 45.7 Å². The molecule has 0 spiro atoms. The van der Waals surface area contributed by atoms with Gasteiger partial charge in [0.25, 0.3) is 0 Å². The number of benzene rings is 1. The summed E-state index contributed by atoms with van der Waals surface area (Å²) in [6.45, 7) is 0.147. The molecule has 0 bridgehead atoms. The van der Waals surface area contributed by atoms with Crippen LogP contribution in [0.3, 0.4) is 0 Å². The molecule has 3 atom stereocenters. The predicted octanol–water partition coefficient (Wildman–Crippen LogP) is 0.212. The summed E-state index contributed by atoms with van der Waals surface area (Å²) in [5.74, 6) is -0.621. The van der Waals surface area contributed by atoms with Crippen LogP contribution in [-0.2, 0) is 20.8 Å². The first kappa shape index (κ1) is 21.8. The second-order valence-corrected chi connectivity index (χ2v) is 8.54. The molecule has 1 aromatic heterocycles. The maximum atomic E-state index is 11.9. The molecule has 4 N–H and O–H groups in total. The normalized spacial score (nSPS) is 24.1. The fourth-order valence-corrected chi connectivity index (χ4v) is 4.64. The average Bonchev–Trinajstić information content (AvgIpc) is 3.08. The Labute approximate surface area is 189 Å². The van der Waals surface area contributed by atoms with E-state index in [4.69, 9.17) is 14.5 Å². The number of carbonyl (C=O) groups is 1. The highest BCUT2D eigenvalue weighted by atomic mass is 16.6. The Balaban J connectivity index is 1.71. The monoisotopic (exact) mass is 455 g/mol. The number of ether oxygens (including phenoxy) is 2. The molecule has 3 aliphatic rings. The topological polar surface area (TPSA) is 136 Å². The molecule has 1 aromatic carbocycles. The van der Waals surface area contributed by atoms with Crippen LogP contribution in [-0.4, -0.2) is 87.4 Å². The van der Waals surface area contributed by atoms with Crippen molar-refractivity contribution >= 4 is 22.6 Å². The lowest BCUT2D eigenvalue weighted by Crippen LogP contribution is -2.44. The van der Waals surface area contributed by atoms with Crippen LogP contribution in [0.5, 0.6) is 5.75 Å². The van der Waals surface area contributed by atoms with Crippen LogP contribution in [0, 0.1) is 0 Å². The van der Waals surface area contributed by atoms with Crippen LogP contribution in [0.15, 0.2) is 35.4 Å². The van der Waals surface area contributed by atoms with Crippen molar-refractivity contribution in [2.75, 3.05) is 33.9 Å². The molecule has 4 heterocycles. The van der Waals surface area contributed by atoms with E-state index >= 15 is 0 Å². The standard InChI is InChI=1S/C23H25N3O7/c1-25(2)9-14-11-7-13-19(24-16(11)3-4-18(14)28)17-8-12-15(10-33-23(31)20(12)29)21(30)26(17)22(13)32-6-5-27/h3-4,7-8,20-22,27-30H,5-6,9-10H2,1-2H3. The molecule has 5 rings (SSSR count). The minimum absolute atomic E-state index is 0.0206. The van der Waals surface area contributed by atoms with E-state index < -0.39 is 24.5 Å². The van der Waals surface area contributed by atoms with Crippen LogP contribution in [0.2, 0.25) is 0 Å². The SMILES string of the molecule is CN(C)Cc1c(O)ccc2nc3c(cc12)C(OCCO)N1C3=CC2=C(COC(=O)C2O)C1O. The van der Waals surface area contributed by atoms with Crippen molar-refractivity contribution in [1.82, 2.24) is 14.8 Å². The van der Waals surface area contributed by atoms with Gasteiger partial charge in [0.1, 0.15) is 12.4 Å². The van der Waals surface area contributed by atoms with Crippen molar-refractivity contribution in [3.8, 4) is 5.75 Å². The van der Waals surface area contributed by atoms with Crippen LogP contribution in [0.1, 0.15) is 23.0 Å². The Hall–Kier alpha value is -3.02. The lowest BCUT2D eigenvalue weighted by molar-refractivity contribution is -0.154. The van der Waals surface area contributed by atoms with Crippen molar-refractivity contribution in [1.29, 1.82) is 0 Å². The van der Waals surface area contributed by atoms with Gasteiger partial charge in [0.2, 0.25) is 0 Å². The average molecular weight is 455 g/mol. The van der Waals surface area contributed by atoms with E-state index in [1.54, 1.807) is 23.1 Å². The molecule has 3 unspecified atom stereocenters. The number of phenols is 1. The van der Waals surface area contributed by atoms with E-state index in [1.807, 2.05) is 25.1 Å². The van der Waals surface area contributed by atoms with Gasteiger partial charge in [0.15, 0.2) is 18.6 Å². The highest BCUT2D eigenvalue weighted by molar-refractivity contribution is 5.90. The van der Waals surface area contributed by atoms with E-state index in [-0.39, 0.29) is 25.6 Å². The molecule has 3 aliphatic heterocycles. The largest absolute Gasteiger partial charge is 0.508 e. The summed E-state index contributed by atoms with van der Waals surface area (Å²) in [6, 6.07) is 5.19. The third-order valence-electron chi connectivity index (χ3n) is 6.12. The Morgan fingerprint density at radius 1 is 1.30 bits per heavy atom. The molecule has 0 saturated heterocycles. The van der Waals surface area contributed by atoms with E-state index in [0.717, 1.165) is 5.39 Å². The van der Waals surface area contributed by atoms with E-state index in [1.165, 1.54) is 0 Å². The number of aliphatic hydroxyl groups excluding tert-OH is 3. The van der Waals surface area contributed by atoms with Crippen LogP contribution < -0.4 is 0 Å². The quantitative estimate of drug-likeness (QED) is 0.463. The van der Waals surface area contributed by atoms with Gasteiger partial charge in [-0.25, -0.2) is 9.78 Å². The molecule has 0 amide bonds. The number of cyclic esters (lactones) is 1. The van der Waals surface area contributed by atoms with Gasteiger partial charge in [0, 0.05) is 34.2 Å². The smallest absolute Gasteiger partial charge is 0.339 e. The Morgan fingerprint density at radius 3 is 2.82 bits per heavy atom. The molecular weight excluding hydrogens is 430 g/mol. The second kappa shape index (κ2) is 8.08. The summed E-state index contributed by atoms with van der Waals surface area (Å²) in [6.07, 6.45) is -1.86. The fourth-order valence-electron chi connectivity index (χ4n) is 4.64. The highest BCUT2D eigenvalue weighted by Gasteiger charge is 2.46. The maximum absolute atomic E-state index is 11.9. The van der Waals surface area contributed by atoms with Crippen molar-refractivity contribution in [2.45, 2.75) is 25.1 Å². The molecule has 2 aromatic rings. The molecule has 0 radical (unpaired) electrons. The van der Waals surface area contributed by atoms with Crippen molar-refractivity contribution in [3.05, 3.63) is 52.2 Å². The highest BCUT2D eigenvalue weighted by Crippen LogP contribution is 2.48. The molecule has 174 valence electrons. The van der Waals surface area contributed by atoms with Gasteiger partial charge in [-0.15, -0.1) is 0 Å². The van der Waals surface area contributed by atoms with Gasteiger partial charge in [0.05, 0.1) is 30.1 Å². The minimum atomic E-state index is -1.50. The number of aromatic nitrogens is 1. The zero-order valence-electron chi connectivity index (χ0n) is 18.2. The number of carbonyl (C=O) groups excluding carboxylic acids is 1. The summed E-state index contributed by atoms with van der Waals surface area (Å²) < 4.78 is 10.9. The Morgan fingerprint density at radius 2 is 2.09 bits per heavy atom. The number of nitrogens with zero attached hydrogens (tertiary/aromatic N) is 3. The van der Waals surface area contributed by atoms with Gasteiger partial charge in [-0.1, -0.05) is 0 Å². The van der Waals surface area contributed by atoms with Crippen molar-refractivity contribution in [3.63, 3.8) is 0 Å². The lowest BCUT2D eigenvalue weighted by atomic mass is 9.94. The third kappa shape index (κ3) is 3.38. The predicted molar refractivity (Wildman–Crippen MR) is 116 cm³/mol. The molecular formula is C23H25N3O7. The second-order valence-electron chi connectivity index (χ2n) is 8.54. The number of aliphatic hydroxyl groups is 3. The number of phenolic OH excluding ortho intramolecular Hbond substituents is 1. The Bertz CT molecular complexity index is 1210. The van der Waals surface area contributed by atoms with E-state index in [2.05, 4.69) is 0 Å². The first-order chi connectivity index (χ1) is 15.8. The summed E-state index contributed by atoms with van der Waals surface area (Å²) in [7, 11) is 3.80. The van der Waals surface area contributed by atoms with Gasteiger partial charge in [-0.3, -0.25) is 0 Å². The zero-order chi connectivity index (χ0) is 23.4. The van der Waals surface area contributed by atoms with Crippen molar-refractivity contribution < 1.29 is 34.7 Å². The third-order valence-corrected chi connectivity index (χ3v) is 6.12. The molecule has 0 saturated carbocycles. The number of esters is 1. The summed E-state index contributed by atoms with van der Waals surface area (Å²) in [5.41, 5.74) is 3.69. The van der Waals surface area contributed by atoms with Crippen molar-refractivity contribution in [2.24, 2.45) is 0 Å². The number of aromatic hydroxyl groups is 1. The van der Waals surface area contributed by atoms with Gasteiger partial charge in [-0.05, 0) is 38.4 Å². The number of pyridine rings is 1. The summed E-state index contributed by atoms with van der Waals surface area (Å²) >= 11 is 0. The maximum Gasteiger partial charge on any atom is 0.339 e. The molecule has 33 heavy (non-hydrogen) atoms. The molecule has 10 nitrogen and oxygen atoms in total. The number of fused-ring (bicyclic) bond motifs is 4. The molecule has 0 aliphatic carbocycles. The minimum Gasteiger partial charge on any atom is -0.508 e. The van der Waals surface area contributed by atoms with Gasteiger partial charge >= 0.3 is 5.97 Å². The van der Waals surface area contributed by atoms with E-state index in [9.17, 15) is 25.2 Å². The number of rotatable bonds is 5. The molecule has 0 fully saturated rings. The summed E-state index contributed by atoms with van der Waals surface area (Å²) in [5, 5.41) is 42.1. The number of hydrogen-bond acceptors (Lipinski definition) is 10. The first-order valence-electron chi connectivity index (χ1n) is 10.6. The lowest BCUT2D eigenvalue weighted by Gasteiger charge is -2.39. The van der Waals surface area contributed by atoms with Crippen LogP contribution in [0.25, 0.3) is 16.6 Å². The zero-order valence-corrected chi connectivity index (χ0v) is 18.2. The fraction of sp³-hybridized carbons (Fsp3) is 0.391.